The number of sulfonamides is 1. The molecule has 1 aliphatic heterocycles. The molecule has 25 heavy (non-hydrogen) atoms. The molecule has 2 aromatic carbocycles. The number of benzene rings is 2. The number of nitro benzene ring substituents is 1. The van der Waals surface area contributed by atoms with Crippen molar-refractivity contribution in [1.29, 1.82) is 0 Å². The van der Waals surface area contributed by atoms with Crippen molar-refractivity contribution in [2.75, 3.05) is 26.3 Å². The number of furan rings is 1. The van der Waals surface area contributed by atoms with Crippen molar-refractivity contribution in [3.8, 4) is 0 Å². The smallest absolute Gasteiger partial charge is 0.273 e. The Morgan fingerprint density at radius 1 is 1.00 bits per heavy atom. The van der Waals surface area contributed by atoms with Crippen molar-refractivity contribution in [3.05, 3.63) is 46.5 Å². The lowest BCUT2D eigenvalue weighted by Crippen LogP contribution is -2.40. The van der Waals surface area contributed by atoms with Crippen LogP contribution < -0.4 is 0 Å². The van der Waals surface area contributed by atoms with Crippen molar-refractivity contribution in [1.82, 2.24) is 4.31 Å². The number of hydrogen-bond acceptors (Lipinski definition) is 6. The molecule has 1 aromatic heterocycles. The Morgan fingerprint density at radius 3 is 2.48 bits per heavy atom. The fraction of sp³-hybridized carbons (Fsp3) is 0.250. The third kappa shape index (κ3) is 2.66. The van der Waals surface area contributed by atoms with Crippen LogP contribution in [0.5, 0.6) is 0 Å². The lowest BCUT2D eigenvalue weighted by molar-refractivity contribution is -0.384. The maximum Gasteiger partial charge on any atom is 0.273 e. The Labute approximate surface area is 142 Å². The van der Waals surface area contributed by atoms with E-state index in [-0.39, 0.29) is 10.6 Å². The van der Waals surface area contributed by atoms with Crippen LogP contribution in [0, 0.1) is 10.1 Å². The molecule has 1 fully saturated rings. The molecule has 0 amide bonds. The SMILES string of the molecule is O=[N+]([O-])c1ccc2c(c1)oc1ccc(S(=O)(=O)N3CCOCC3)cc12. The summed E-state index contributed by atoms with van der Waals surface area (Å²) < 4.78 is 37.8. The van der Waals surface area contributed by atoms with E-state index in [4.69, 9.17) is 9.15 Å². The number of rotatable bonds is 3. The number of morpholine rings is 1. The van der Waals surface area contributed by atoms with Crippen molar-refractivity contribution in [2.24, 2.45) is 0 Å². The monoisotopic (exact) mass is 362 g/mol. The van der Waals surface area contributed by atoms with Crippen LogP contribution in [0.3, 0.4) is 0 Å². The molecule has 4 rings (SSSR count). The highest BCUT2D eigenvalue weighted by molar-refractivity contribution is 7.89. The largest absolute Gasteiger partial charge is 0.456 e. The molecular weight excluding hydrogens is 348 g/mol. The maximum absolute atomic E-state index is 12.8. The third-order valence-electron chi connectivity index (χ3n) is 4.24. The number of nitrogens with zero attached hydrogens (tertiary/aromatic N) is 2. The summed E-state index contributed by atoms with van der Waals surface area (Å²) in [4.78, 5) is 10.6. The predicted octanol–water partition coefficient (Wildman–Crippen LogP) is 2.52. The summed E-state index contributed by atoms with van der Waals surface area (Å²) in [6.45, 7) is 1.39. The van der Waals surface area contributed by atoms with Crippen molar-refractivity contribution < 1.29 is 22.5 Å². The van der Waals surface area contributed by atoms with Crippen LogP contribution in [0.25, 0.3) is 21.9 Å². The Bertz CT molecular complexity index is 1080. The second kappa shape index (κ2) is 5.80. The van der Waals surface area contributed by atoms with Gasteiger partial charge < -0.3 is 9.15 Å². The summed E-state index contributed by atoms with van der Waals surface area (Å²) in [6, 6.07) is 8.91. The van der Waals surface area contributed by atoms with E-state index in [9.17, 15) is 18.5 Å². The Morgan fingerprint density at radius 2 is 1.76 bits per heavy atom. The molecular formula is C16H14N2O6S. The van der Waals surface area contributed by atoms with E-state index < -0.39 is 14.9 Å². The van der Waals surface area contributed by atoms with Gasteiger partial charge in [0.05, 0.1) is 29.1 Å². The minimum atomic E-state index is -3.62. The molecule has 3 aromatic rings. The van der Waals surface area contributed by atoms with Crippen LogP contribution in [-0.2, 0) is 14.8 Å². The first-order chi connectivity index (χ1) is 12.0. The van der Waals surface area contributed by atoms with E-state index in [1.165, 1.54) is 22.5 Å². The molecule has 1 saturated heterocycles. The molecule has 0 spiro atoms. The quantitative estimate of drug-likeness (QED) is 0.524. The van der Waals surface area contributed by atoms with E-state index in [1.54, 1.807) is 18.2 Å². The highest BCUT2D eigenvalue weighted by Crippen LogP contribution is 2.33. The van der Waals surface area contributed by atoms with Gasteiger partial charge in [0, 0.05) is 29.9 Å². The van der Waals surface area contributed by atoms with Crippen LogP contribution >= 0.6 is 0 Å². The summed E-state index contributed by atoms with van der Waals surface area (Å²) in [5.74, 6) is 0. The molecule has 8 nitrogen and oxygen atoms in total. The van der Waals surface area contributed by atoms with E-state index >= 15 is 0 Å². The first-order valence-electron chi connectivity index (χ1n) is 7.65. The summed E-state index contributed by atoms with van der Waals surface area (Å²) in [5, 5.41) is 12.1. The molecule has 0 atom stereocenters. The van der Waals surface area contributed by atoms with Gasteiger partial charge in [-0.1, -0.05) is 0 Å². The normalized spacial score (nSPS) is 16.5. The first kappa shape index (κ1) is 16.0. The number of hydrogen-bond donors (Lipinski definition) is 0. The van der Waals surface area contributed by atoms with Gasteiger partial charge >= 0.3 is 0 Å². The van der Waals surface area contributed by atoms with Gasteiger partial charge in [0.25, 0.3) is 5.69 Å². The zero-order valence-corrected chi connectivity index (χ0v) is 13.9. The van der Waals surface area contributed by atoms with Gasteiger partial charge in [-0.3, -0.25) is 10.1 Å². The maximum atomic E-state index is 12.8. The minimum Gasteiger partial charge on any atom is -0.456 e. The van der Waals surface area contributed by atoms with E-state index in [1.807, 2.05) is 0 Å². The standard InChI is InChI=1S/C16H14N2O6S/c19-18(20)11-1-3-13-14-10-12(2-4-15(14)24-16(13)9-11)25(21,22)17-5-7-23-8-6-17/h1-4,9-10H,5-8H2. The van der Waals surface area contributed by atoms with Crippen molar-refractivity contribution in [3.63, 3.8) is 0 Å². The number of non-ortho nitro benzene ring substituents is 1. The molecule has 2 heterocycles. The molecule has 0 bridgehead atoms. The lowest BCUT2D eigenvalue weighted by atomic mass is 10.1. The Hall–Kier alpha value is -2.49. The van der Waals surface area contributed by atoms with E-state index in [0.29, 0.717) is 48.2 Å². The summed E-state index contributed by atoms with van der Waals surface area (Å²) in [7, 11) is -3.62. The van der Waals surface area contributed by atoms with Gasteiger partial charge in [0.15, 0.2) is 0 Å². The molecule has 0 N–H and O–H groups in total. The van der Waals surface area contributed by atoms with Gasteiger partial charge in [-0.25, -0.2) is 8.42 Å². The average molecular weight is 362 g/mol. The molecule has 0 aliphatic carbocycles. The van der Waals surface area contributed by atoms with Crippen LogP contribution in [0.2, 0.25) is 0 Å². The first-order valence-corrected chi connectivity index (χ1v) is 9.09. The second-order valence-electron chi connectivity index (χ2n) is 5.71. The van der Waals surface area contributed by atoms with E-state index in [2.05, 4.69) is 0 Å². The van der Waals surface area contributed by atoms with Crippen LogP contribution in [0.15, 0.2) is 45.7 Å². The minimum absolute atomic E-state index is 0.0762. The predicted molar refractivity (Wildman–Crippen MR) is 90.0 cm³/mol. The number of ether oxygens (including phenoxy) is 1. The zero-order valence-electron chi connectivity index (χ0n) is 13.0. The molecule has 9 heteroatoms. The van der Waals surface area contributed by atoms with E-state index in [0.717, 1.165) is 0 Å². The van der Waals surface area contributed by atoms with Crippen molar-refractivity contribution >= 4 is 37.6 Å². The second-order valence-corrected chi connectivity index (χ2v) is 7.65. The van der Waals surface area contributed by atoms with Gasteiger partial charge in [-0.05, 0) is 24.3 Å². The molecule has 0 unspecified atom stereocenters. The zero-order chi connectivity index (χ0) is 17.6. The fourth-order valence-electron chi connectivity index (χ4n) is 2.96. The molecule has 1 aliphatic rings. The van der Waals surface area contributed by atoms with Crippen molar-refractivity contribution in [2.45, 2.75) is 4.90 Å². The van der Waals surface area contributed by atoms with Crippen LogP contribution in [0.4, 0.5) is 5.69 Å². The summed E-state index contributed by atoms with van der Waals surface area (Å²) >= 11 is 0. The Kier molecular flexibility index (Phi) is 3.71. The third-order valence-corrected chi connectivity index (χ3v) is 6.14. The van der Waals surface area contributed by atoms with Gasteiger partial charge in [-0.2, -0.15) is 4.31 Å². The van der Waals surface area contributed by atoms with Gasteiger partial charge in [0.2, 0.25) is 10.0 Å². The van der Waals surface area contributed by atoms with Crippen LogP contribution in [-0.4, -0.2) is 43.9 Å². The summed E-state index contributed by atoms with van der Waals surface area (Å²) in [5.41, 5.74) is 0.759. The van der Waals surface area contributed by atoms with Gasteiger partial charge in [0.1, 0.15) is 11.2 Å². The highest BCUT2D eigenvalue weighted by atomic mass is 32.2. The summed E-state index contributed by atoms with van der Waals surface area (Å²) in [6.07, 6.45) is 0. The van der Waals surface area contributed by atoms with Crippen LogP contribution in [0.1, 0.15) is 0 Å². The number of nitro groups is 1. The molecule has 130 valence electrons. The number of fused-ring (bicyclic) bond motifs is 3. The molecule has 0 radical (unpaired) electrons. The van der Waals surface area contributed by atoms with Gasteiger partial charge in [-0.15, -0.1) is 0 Å². The molecule has 0 saturated carbocycles. The topological polar surface area (TPSA) is 103 Å². The lowest BCUT2D eigenvalue weighted by Gasteiger charge is -2.26. The fourth-order valence-corrected chi connectivity index (χ4v) is 4.39. The Balaban J connectivity index is 1.84. The average Bonchev–Trinajstić information content (AvgIpc) is 2.99. The highest BCUT2D eigenvalue weighted by Gasteiger charge is 2.27.